The van der Waals surface area contributed by atoms with E-state index in [1.807, 2.05) is 0 Å². The van der Waals surface area contributed by atoms with Crippen molar-refractivity contribution in [3.05, 3.63) is 53.9 Å². The van der Waals surface area contributed by atoms with E-state index < -0.39 is 18.0 Å². The Balaban J connectivity index is 2.00. The molecule has 1 N–H and O–H groups in total. The molecule has 0 aliphatic heterocycles. The summed E-state index contributed by atoms with van der Waals surface area (Å²) in [4.78, 5) is 35.4. The van der Waals surface area contributed by atoms with Crippen molar-refractivity contribution in [1.29, 1.82) is 0 Å². The molecule has 1 atom stereocenters. The van der Waals surface area contributed by atoms with Crippen molar-refractivity contribution in [3.8, 4) is 0 Å². The molecular weight excluding hydrogens is 296 g/mol. The Morgan fingerprint density at radius 1 is 1.17 bits per heavy atom. The molecule has 2 rings (SSSR count). The number of Topliss-reactive ketones (excluding diaryl/α,β-unsaturated/α-hetero) is 1. The summed E-state index contributed by atoms with van der Waals surface area (Å²) in [6, 6.07) is 9.91. The van der Waals surface area contributed by atoms with Crippen molar-refractivity contribution in [2.45, 2.75) is 20.0 Å². The predicted octanol–water partition coefficient (Wildman–Crippen LogP) is 2.41. The molecule has 1 aromatic carbocycles. The molecule has 2 aromatic rings. The van der Waals surface area contributed by atoms with Crippen LogP contribution in [0.4, 0.5) is 5.69 Å². The van der Waals surface area contributed by atoms with Gasteiger partial charge in [-0.15, -0.1) is 0 Å². The molecule has 6 heteroatoms. The van der Waals surface area contributed by atoms with E-state index in [4.69, 9.17) is 4.74 Å². The molecule has 0 fully saturated rings. The van der Waals surface area contributed by atoms with Gasteiger partial charge in [0.05, 0.1) is 0 Å². The summed E-state index contributed by atoms with van der Waals surface area (Å²) in [5, 5.41) is 2.63. The van der Waals surface area contributed by atoms with E-state index in [-0.39, 0.29) is 5.78 Å². The Morgan fingerprint density at radius 2 is 1.91 bits per heavy atom. The molecule has 0 aliphatic carbocycles. The maximum Gasteiger partial charge on any atom is 0.355 e. The molecule has 0 bridgehead atoms. The fourth-order valence-corrected chi connectivity index (χ4v) is 2.01. The van der Waals surface area contributed by atoms with Crippen molar-refractivity contribution >= 4 is 23.3 Å². The van der Waals surface area contributed by atoms with Gasteiger partial charge in [-0.1, -0.05) is 12.1 Å². The van der Waals surface area contributed by atoms with Crippen molar-refractivity contribution in [2.24, 2.45) is 7.05 Å². The van der Waals surface area contributed by atoms with Gasteiger partial charge in [0.15, 0.2) is 11.9 Å². The maximum absolute atomic E-state index is 12.1. The number of hydrogen-bond donors (Lipinski definition) is 1. The summed E-state index contributed by atoms with van der Waals surface area (Å²) >= 11 is 0. The molecule has 1 heterocycles. The van der Waals surface area contributed by atoms with Crippen molar-refractivity contribution < 1.29 is 19.1 Å². The molecule has 0 unspecified atom stereocenters. The molecule has 0 saturated heterocycles. The molecule has 23 heavy (non-hydrogen) atoms. The number of aryl methyl sites for hydroxylation is 1. The van der Waals surface area contributed by atoms with Crippen LogP contribution in [-0.2, 0) is 16.6 Å². The molecule has 1 amide bonds. The number of ether oxygens (including phenoxy) is 1. The summed E-state index contributed by atoms with van der Waals surface area (Å²) in [5.41, 5.74) is 1.34. The molecule has 0 radical (unpaired) electrons. The molecule has 0 aliphatic rings. The van der Waals surface area contributed by atoms with Gasteiger partial charge in [-0.3, -0.25) is 9.59 Å². The molecule has 120 valence electrons. The van der Waals surface area contributed by atoms with Crippen molar-refractivity contribution in [2.75, 3.05) is 5.32 Å². The third-order valence-corrected chi connectivity index (χ3v) is 3.34. The lowest BCUT2D eigenvalue weighted by Gasteiger charge is -2.14. The van der Waals surface area contributed by atoms with Crippen LogP contribution in [0.5, 0.6) is 0 Å². The van der Waals surface area contributed by atoms with Gasteiger partial charge in [0.1, 0.15) is 5.69 Å². The predicted molar refractivity (Wildman–Crippen MR) is 85.4 cm³/mol. The van der Waals surface area contributed by atoms with E-state index in [0.717, 1.165) is 0 Å². The Bertz CT molecular complexity index is 749. The average molecular weight is 314 g/mol. The van der Waals surface area contributed by atoms with E-state index in [1.54, 1.807) is 54.2 Å². The first-order valence-electron chi connectivity index (χ1n) is 7.12. The first kappa shape index (κ1) is 16.5. The molecule has 0 saturated carbocycles. The van der Waals surface area contributed by atoms with Crippen molar-refractivity contribution in [3.63, 3.8) is 0 Å². The zero-order chi connectivity index (χ0) is 17.0. The number of carbonyl (C=O) groups excluding carboxylic acids is 3. The van der Waals surface area contributed by atoms with Crippen LogP contribution in [0.2, 0.25) is 0 Å². The minimum atomic E-state index is -0.960. The van der Waals surface area contributed by atoms with Gasteiger partial charge in [-0.25, -0.2) is 4.79 Å². The monoisotopic (exact) mass is 314 g/mol. The lowest BCUT2D eigenvalue weighted by atomic mass is 10.1. The van der Waals surface area contributed by atoms with Crippen LogP contribution in [0.15, 0.2) is 42.6 Å². The largest absolute Gasteiger partial charge is 0.448 e. The maximum atomic E-state index is 12.1. The highest BCUT2D eigenvalue weighted by molar-refractivity contribution is 5.99. The van der Waals surface area contributed by atoms with Gasteiger partial charge >= 0.3 is 5.97 Å². The van der Waals surface area contributed by atoms with Crippen LogP contribution < -0.4 is 5.32 Å². The lowest BCUT2D eigenvalue weighted by molar-refractivity contribution is -0.123. The number of aromatic nitrogens is 1. The van der Waals surface area contributed by atoms with Crippen LogP contribution in [0, 0.1) is 0 Å². The number of anilines is 1. The second-order valence-electron chi connectivity index (χ2n) is 5.18. The number of ketones is 1. The number of nitrogens with one attached hydrogen (secondary N) is 1. The lowest BCUT2D eigenvalue weighted by Crippen LogP contribution is -2.30. The first-order valence-corrected chi connectivity index (χ1v) is 7.12. The van der Waals surface area contributed by atoms with Crippen LogP contribution in [0.1, 0.15) is 34.7 Å². The molecular formula is C17H18N2O4. The smallest absolute Gasteiger partial charge is 0.355 e. The Hall–Kier alpha value is -2.89. The van der Waals surface area contributed by atoms with E-state index in [0.29, 0.717) is 16.9 Å². The number of hydrogen-bond acceptors (Lipinski definition) is 4. The minimum absolute atomic E-state index is 0.0933. The topological polar surface area (TPSA) is 77.4 Å². The summed E-state index contributed by atoms with van der Waals surface area (Å²) < 4.78 is 6.76. The third-order valence-electron chi connectivity index (χ3n) is 3.34. The van der Waals surface area contributed by atoms with Crippen LogP contribution in [0.25, 0.3) is 0 Å². The summed E-state index contributed by atoms with van der Waals surface area (Å²) in [6.07, 6.45) is 0.757. The SMILES string of the molecule is CC(=O)c1cccc(NC(=O)[C@@H](C)OC(=O)c2cccn2C)c1. The number of esters is 1. The van der Waals surface area contributed by atoms with Crippen molar-refractivity contribution in [1.82, 2.24) is 4.57 Å². The number of nitrogens with zero attached hydrogens (tertiary/aromatic N) is 1. The second kappa shape index (κ2) is 6.91. The average Bonchev–Trinajstić information content (AvgIpc) is 2.93. The van der Waals surface area contributed by atoms with E-state index in [2.05, 4.69) is 5.32 Å². The van der Waals surface area contributed by atoms with Crippen LogP contribution >= 0.6 is 0 Å². The zero-order valence-corrected chi connectivity index (χ0v) is 13.2. The Kier molecular flexibility index (Phi) is 4.95. The highest BCUT2D eigenvalue weighted by Gasteiger charge is 2.20. The summed E-state index contributed by atoms with van der Waals surface area (Å²) in [6.45, 7) is 2.94. The molecule has 0 spiro atoms. The van der Waals surface area contributed by atoms with Gasteiger partial charge in [0, 0.05) is 24.5 Å². The molecule has 6 nitrogen and oxygen atoms in total. The van der Waals surface area contributed by atoms with E-state index in [9.17, 15) is 14.4 Å². The number of benzene rings is 1. The highest BCUT2D eigenvalue weighted by atomic mass is 16.5. The van der Waals surface area contributed by atoms with Gasteiger partial charge < -0.3 is 14.6 Å². The van der Waals surface area contributed by atoms with Crippen LogP contribution in [0.3, 0.4) is 0 Å². The minimum Gasteiger partial charge on any atom is -0.448 e. The fourth-order valence-electron chi connectivity index (χ4n) is 2.01. The zero-order valence-electron chi connectivity index (χ0n) is 13.2. The quantitative estimate of drug-likeness (QED) is 0.679. The normalized spacial score (nSPS) is 11.6. The number of carbonyl (C=O) groups is 3. The Labute approximate surface area is 134 Å². The number of rotatable bonds is 5. The van der Waals surface area contributed by atoms with Crippen LogP contribution in [-0.4, -0.2) is 28.3 Å². The standard InChI is InChI=1S/C17H18N2O4/c1-11(20)13-6-4-7-14(10-13)18-16(21)12(2)23-17(22)15-8-5-9-19(15)3/h4-10,12H,1-3H3,(H,18,21)/t12-/m1/s1. The summed E-state index contributed by atoms with van der Waals surface area (Å²) in [7, 11) is 1.72. The summed E-state index contributed by atoms with van der Waals surface area (Å²) in [5.74, 6) is -1.13. The third kappa shape index (κ3) is 4.06. The molecule has 1 aromatic heterocycles. The van der Waals surface area contributed by atoms with E-state index >= 15 is 0 Å². The van der Waals surface area contributed by atoms with Gasteiger partial charge in [0.2, 0.25) is 0 Å². The number of amides is 1. The van der Waals surface area contributed by atoms with Gasteiger partial charge in [-0.05, 0) is 38.1 Å². The highest BCUT2D eigenvalue weighted by Crippen LogP contribution is 2.12. The fraction of sp³-hybridized carbons (Fsp3) is 0.235. The van der Waals surface area contributed by atoms with E-state index in [1.165, 1.54) is 13.8 Å². The first-order chi connectivity index (χ1) is 10.9. The Morgan fingerprint density at radius 3 is 2.52 bits per heavy atom. The second-order valence-corrected chi connectivity index (χ2v) is 5.18. The van der Waals surface area contributed by atoms with Gasteiger partial charge in [-0.2, -0.15) is 0 Å². The van der Waals surface area contributed by atoms with Gasteiger partial charge in [0.25, 0.3) is 5.91 Å².